The summed E-state index contributed by atoms with van der Waals surface area (Å²) in [5, 5.41) is 10.5. The van der Waals surface area contributed by atoms with Gasteiger partial charge in [-0.05, 0) is 49.2 Å². The van der Waals surface area contributed by atoms with Crippen molar-refractivity contribution in [3.63, 3.8) is 0 Å². The molecule has 1 unspecified atom stereocenters. The van der Waals surface area contributed by atoms with Crippen molar-refractivity contribution in [2.24, 2.45) is 0 Å². The fraction of sp³-hybridized carbons (Fsp3) is 0.278. The molecule has 1 aliphatic heterocycles. The molecule has 26 heavy (non-hydrogen) atoms. The van der Waals surface area contributed by atoms with E-state index in [1.165, 1.54) is 9.08 Å². The van der Waals surface area contributed by atoms with Crippen LogP contribution in [0.25, 0.3) is 5.65 Å². The van der Waals surface area contributed by atoms with Crippen molar-refractivity contribution in [3.05, 3.63) is 64.7 Å². The summed E-state index contributed by atoms with van der Waals surface area (Å²) in [6.45, 7) is 1.24. The lowest BCUT2D eigenvalue weighted by Crippen LogP contribution is -2.35. The topological polar surface area (TPSA) is 80.4 Å². The highest BCUT2D eigenvalue weighted by Gasteiger charge is 2.21. The lowest BCUT2D eigenvalue weighted by atomic mass is 10.1. The molecule has 1 aromatic carbocycles. The molecule has 4 rings (SSSR count). The van der Waals surface area contributed by atoms with Gasteiger partial charge in [-0.1, -0.05) is 18.2 Å². The van der Waals surface area contributed by atoms with Gasteiger partial charge < -0.3 is 10.6 Å². The molecule has 1 aliphatic rings. The van der Waals surface area contributed by atoms with Gasteiger partial charge in [0.25, 0.3) is 0 Å². The molecule has 3 aromatic rings. The summed E-state index contributed by atoms with van der Waals surface area (Å²) < 4.78 is 2.94. The maximum Gasteiger partial charge on any atom is 0.350 e. The molecule has 0 aliphatic carbocycles. The van der Waals surface area contributed by atoms with Gasteiger partial charge in [0, 0.05) is 11.9 Å². The van der Waals surface area contributed by atoms with Gasteiger partial charge in [0.2, 0.25) is 5.91 Å². The Morgan fingerprint density at radius 2 is 2.15 bits per heavy atom. The summed E-state index contributed by atoms with van der Waals surface area (Å²) in [4.78, 5) is 24.6. The van der Waals surface area contributed by atoms with Gasteiger partial charge >= 0.3 is 5.69 Å². The van der Waals surface area contributed by atoms with Gasteiger partial charge in [0.1, 0.15) is 0 Å². The molecular weight excluding hydrogens is 354 g/mol. The number of benzene rings is 1. The van der Waals surface area contributed by atoms with Crippen LogP contribution >= 0.6 is 12.4 Å². The second-order valence-corrected chi connectivity index (χ2v) is 6.21. The molecule has 0 bridgehead atoms. The number of carbonyl (C=O) groups excluding carboxylic acids is 1. The molecule has 136 valence electrons. The van der Waals surface area contributed by atoms with Crippen LogP contribution in [-0.2, 0) is 11.3 Å². The van der Waals surface area contributed by atoms with Crippen molar-refractivity contribution >= 4 is 29.6 Å². The number of nitrogens with one attached hydrogen (secondary N) is 2. The number of aromatic nitrogens is 3. The summed E-state index contributed by atoms with van der Waals surface area (Å²) >= 11 is 0. The normalized spacial score (nSPS) is 16.4. The quantitative estimate of drug-likeness (QED) is 0.728. The number of nitrogens with zero attached hydrogens (tertiary/aromatic N) is 3. The fourth-order valence-corrected chi connectivity index (χ4v) is 3.13. The van der Waals surface area contributed by atoms with Gasteiger partial charge in [0.15, 0.2) is 5.65 Å². The number of amides is 1. The predicted molar refractivity (Wildman–Crippen MR) is 102 cm³/mol. The summed E-state index contributed by atoms with van der Waals surface area (Å²) in [5.41, 5.74) is 2.07. The van der Waals surface area contributed by atoms with E-state index in [4.69, 9.17) is 0 Å². The molecule has 0 spiro atoms. The Labute approximate surface area is 156 Å². The monoisotopic (exact) mass is 373 g/mol. The van der Waals surface area contributed by atoms with Crippen LogP contribution in [-0.4, -0.2) is 32.7 Å². The zero-order valence-corrected chi connectivity index (χ0v) is 14.9. The molecule has 2 aromatic heterocycles. The molecule has 1 amide bonds. The van der Waals surface area contributed by atoms with E-state index in [1.54, 1.807) is 18.3 Å². The van der Waals surface area contributed by atoms with E-state index < -0.39 is 0 Å². The number of carbonyl (C=O) groups is 1. The predicted octanol–water partition coefficient (Wildman–Crippen LogP) is 1.66. The van der Waals surface area contributed by atoms with Crippen molar-refractivity contribution in [2.75, 3.05) is 11.9 Å². The number of hydrogen-bond donors (Lipinski definition) is 2. The maximum atomic E-state index is 12.4. The highest BCUT2D eigenvalue weighted by atomic mass is 35.5. The smallest absolute Gasteiger partial charge is 0.325 e. The number of fused-ring (bicyclic) bond motifs is 1. The Bertz CT molecular complexity index is 975. The Morgan fingerprint density at radius 3 is 2.92 bits per heavy atom. The lowest BCUT2D eigenvalue weighted by molar-refractivity contribution is -0.117. The standard InChI is InChI=1S/C18H19N5O2.ClH/c24-17(15-7-4-9-19-15)20-14-6-3-5-13(11-14)12-23-18(25)22-10-2-1-8-16(22)21-23;/h1-3,5-6,8,10-11,15,19H,4,7,9,12H2,(H,20,24);1H. The van der Waals surface area contributed by atoms with Crippen LogP contribution in [0.4, 0.5) is 5.69 Å². The Hall–Kier alpha value is -2.64. The van der Waals surface area contributed by atoms with Gasteiger partial charge in [-0.3, -0.25) is 9.20 Å². The van der Waals surface area contributed by atoms with Crippen molar-refractivity contribution in [3.8, 4) is 0 Å². The Kier molecular flexibility index (Phi) is 5.39. The molecule has 0 radical (unpaired) electrons. The van der Waals surface area contributed by atoms with Gasteiger partial charge in [-0.15, -0.1) is 17.5 Å². The molecule has 7 nitrogen and oxygen atoms in total. The fourth-order valence-electron chi connectivity index (χ4n) is 3.13. The van der Waals surface area contributed by atoms with E-state index in [-0.39, 0.29) is 30.0 Å². The number of anilines is 1. The Balaban J connectivity index is 0.00000196. The molecule has 3 heterocycles. The summed E-state index contributed by atoms with van der Waals surface area (Å²) in [5.74, 6) is -0.0143. The van der Waals surface area contributed by atoms with Crippen LogP contribution in [0.1, 0.15) is 18.4 Å². The van der Waals surface area contributed by atoms with Crippen LogP contribution in [0.15, 0.2) is 53.5 Å². The second kappa shape index (κ2) is 7.72. The van der Waals surface area contributed by atoms with E-state index in [1.807, 2.05) is 30.3 Å². The van der Waals surface area contributed by atoms with Crippen LogP contribution in [0.2, 0.25) is 0 Å². The van der Waals surface area contributed by atoms with Gasteiger partial charge in [0.05, 0.1) is 12.6 Å². The summed E-state index contributed by atoms with van der Waals surface area (Å²) in [6.07, 6.45) is 3.59. The third-order valence-electron chi connectivity index (χ3n) is 4.39. The highest BCUT2D eigenvalue weighted by Crippen LogP contribution is 2.14. The van der Waals surface area contributed by atoms with Crippen LogP contribution in [0, 0.1) is 0 Å². The lowest BCUT2D eigenvalue weighted by Gasteiger charge is -2.12. The molecular formula is C18H20ClN5O2. The average molecular weight is 374 g/mol. The minimum absolute atomic E-state index is 0. The van der Waals surface area contributed by atoms with Crippen LogP contribution in [0.5, 0.6) is 0 Å². The number of hydrogen-bond acceptors (Lipinski definition) is 4. The zero-order valence-electron chi connectivity index (χ0n) is 14.1. The van der Waals surface area contributed by atoms with Crippen LogP contribution in [0.3, 0.4) is 0 Å². The molecule has 1 saturated heterocycles. The summed E-state index contributed by atoms with van der Waals surface area (Å²) in [6, 6.07) is 12.8. The van der Waals surface area contributed by atoms with E-state index in [9.17, 15) is 9.59 Å². The summed E-state index contributed by atoms with van der Waals surface area (Å²) in [7, 11) is 0. The molecule has 0 saturated carbocycles. The first-order chi connectivity index (χ1) is 12.2. The third-order valence-corrected chi connectivity index (χ3v) is 4.39. The maximum absolute atomic E-state index is 12.4. The van der Waals surface area contributed by atoms with E-state index in [2.05, 4.69) is 15.7 Å². The van der Waals surface area contributed by atoms with Gasteiger partial charge in [-0.2, -0.15) is 0 Å². The van der Waals surface area contributed by atoms with Crippen molar-refractivity contribution < 1.29 is 4.79 Å². The van der Waals surface area contributed by atoms with Gasteiger partial charge in [-0.25, -0.2) is 9.48 Å². The minimum Gasteiger partial charge on any atom is -0.325 e. The van der Waals surface area contributed by atoms with Crippen molar-refractivity contribution in [1.29, 1.82) is 0 Å². The van der Waals surface area contributed by atoms with Crippen molar-refractivity contribution in [1.82, 2.24) is 19.5 Å². The van der Waals surface area contributed by atoms with E-state index >= 15 is 0 Å². The number of halogens is 1. The van der Waals surface area contributed by atoms with Crippen molar-refractivity contribution in [2.45, 2.75) is 25.4 Å². The highest BCUT2D eigenvalue weighted by molar-refractivity contribution is 5.95. The molecule has 1 atom stereocenters. The third kappa shape index (κ3) is 3.63. The number of pyridine rings is 1. The molecule has 2 N–H and O–H groups in total. The minimum atomic E-state index is -0.180. The number of rotatable bonds is 4. The largest absolute Gasteiger partial charge is 0.350 e. The SMILES string of the molecule is Cl.O=C(Nc1cccc(Cn2nc3ccccn3c2=O)c1)C1CCCN1. The Morgan fingerprint density at radius 1 is 1.27 bits per heavy atom. The van der Waals surface area contributed by atoms with E-state index in [0.29, 0.717) is 12.2 Å². The molecule has 8 heteroatoms. The first-order valence-electron chi connectivity index (χ1n) is 8.38. The zero-order chi connectivity index (χ0) is 17.2. The first kappa shape index (κ1) is 18.2. The first-order valence-corrected chi connectivity index (χ1v) is 8.38. The second-order valence-electron chi connectivity index (χ2n) is 6.21. The molecule has 1 fully saturated rings. The van der Waals surface area contributed by atoms with E-state index in [0.717, 1.165) is 30.6 Å². The average Bonchev–Trinajstić information content (AvgIpc) is 3.25. The van der Waals surface area contributed by atoms with Crippen LogP contribution < -0.4 is 16.3 Å².